The van der Waals surface area contributed by atoms with Gasteiger partial charge in [0, 0.05) is 33.4 Å². The smallest absolute Gasteiger partial charge is 0.149 e. The number of carbonyl (C=O) groups is 2. The molecule has 0 bridgehead atoms. The summed E-state index contributed by atoms with van der Waals surface area (Å²) in [6.07, 6.45) is 3.24. The van der Waals surface area contributed by atoms with Crippen molar-refractivity contribution in [3.63, 3.8) is 0 Å². The lowest BCUT2D eigenvalue weighted by atomic mass is 10.1. The highest BCUT2D eigenvalue weighted by atomic mass is 16.5. The Hall–Kier alpha value is -0.940. The van der Waals surface area contributed by atoms with Gasteiger partial charge < -0.3 is 24.4 Å². The molecule has 4 atom stereocenters. The minimum atomic E-state index is -0.367. The second-order valence-corrected chi connectivity index (χ2v) is 7.86. The summed E-state index contributed by atoms with van der Waals surface area (Å²) in [7, 11) is 3.32. The van der Waals surface area contributed by atoms with E-state index in [-0.39, 0.29) is 49.0 Å². The van der Waals surface area contributed by atoms with E-state index in [1.165, 1.54) is 13.8 Å². The summed E-state index contributed by atoms with van der Waals surface area (Å²) in [5.41, 5.74) is 0. The van der Waals surface area contributed by atoms with E-state index in [1.807, 2.05) is 4.90 Å². The van der Waals surface area contributed by atoms with Crippen molar-refractivity contribution < 1.29 is 34.0 Å². The molecule has 2 aliphatic heterocycles. The van der Waals surface area contributed by atoms with Gasteiger partial charge in [-0.05, 0) is 39.7 Å². The van der Waals surface area contributed by atoms with Crippen molar-refractivity contribution in [2.75, 3.05) is 66.9 Å². The van der Waals surface area contributed by atoms with Crippen LogP contribution in [0.3, 0.4) is 0 Å². The summed E-state index contributed by atoms with van der Waals surface area (Å²) in [6.45, 7) is 7.06. The average Bonchev–Trinajstić information content (AvgIpc) is 3.36. The molecular formula is C21H40N2O7. The van der Waals surface area contributed by atoms with E-state index in [4.69, 9.17) is 19.3 Å². The Kier molecular flexibility index (Phi) is 13.5. The van der Waals surface area contributed by atoms with Gasteiger partial charge in [0.05, 0.1) is 51.2 Å². The van der Waals surface area contributed by atoms with Crippen LogP contribution >= 0.6 is 0 Å². The van der Waals surface area contributed by atoms with Crippen LogP contribution in [0.4, 0.5) is 0 Å². The Morgan fingerprint density at radius 2 is 1.67 bits per heavy atom. The van der Waals surface area contributed by atoms with Gasteiger partial charge in [0.1, 0.15) is 11.6 Å². The largest absolute Gasteiger partial charge is 0.394 e. The van der Waals surface area contributed by atoms with E-state index >= 15 is 0 Å². The standard InChI is InChI=1S/C12H23NO4.C9H17NO3/c1-10(15)12(8-14)13-5-3-4-11(13)9-17-7-6-16-2;1-7(12)9(6-11)10-4-3-8(5-10)13-2/h11-12,14H,3-9H2,1-2H3;8-9,11H,3-6H2,1-2H3/t11?,12-;8?,9-/m10/s1. The maximum atomic E-state index is 11.4. The summed E-state index contributed by atoms with van der Waals surface area (Å²) < 4.78 is 15.6. The molecule has 0 aromatic heterocycles. The third kappa shape index (κ3) is 8.66. The number of rotatable bonds is 12. The maximum absolute atomic E-state index is 11.4. The van der Waals surface area contributed by atoms with Crippen molar-refractivity contribution in [3.8, 4) is 0 Å². The molecule has 2 unspecified atom stereocenters. The zero-order chi connectivity index (χ0) is 22.5. The first kappa shape index (κ1) is 27.1. The highest BCUT2D eigenvalue weighted by Gasteiger charge is 2.32. The van der Waals surface area contributed by atoms with E-state index in [0.29, 0.717) is 19.8 Å². The predicted molar refractivity (Wildman–Crippen MR) is 113 cm³/mol. The molecule has 0 spiro atoms. The first-order valence-corrected chi connectivity index (χ1v) is 10.7. The summed E-state index contributed by atoms with van der Waals surface area (Å²) in [5, 5.41) is 18.3. The molecule has 0 amide bonds. The van der Waals surface area contributed by atoms with Gasteiger partial charge in [-0.1, -0.05) is 0 Å². The molecule has 2 rings (SSSR count). The fraction of sp³-hybridized carbons (Fsp3) is 0.905. The lowest BCUT2D eigenvalue weighted by molar-refractivity contribution is -0.125. The third-order valence-corrected chi connectivity index (χ3v) is 5.80. The van der Waals surface area contributed by atoms with Crippen LogP contribution in [0.25, 0.3) is 0 Å². The van der Waals surface area contributed by atoms with E-state index in [9.17, 15) is 14.7 Å². The molecule has 2 saturated heterocycles. The number of ether oxygens (including phenoxy) is 3. The van der Waals surface area contributed by atoms with Gasteiger partial charge in [0.15, 0.2) is 0 Å². The van der Waals surface area contributed by atoms with Crippen LogP contribution in [0.2, 0.25) is 0 Å². The lowest BCUT2D eigenvalue weighted by Crippen LogP contribution is -2.47. The zero-order valence-electron chi connectivity index (χ0n) is 18.9. The van der Waals surface area contributed by atoms with Gasteiger partial charge in [-0.3, -0.25) is 19.4 Å². The molecule has 9 heteroatoms. The molecule has 30 heavy (non-hydrogen) atoms. The topological polar surface area (TPSA) is 109 Å². The number of ketones is 2. The number of aliphatic hydroxyl groups excluding tert-OH is 2. The monoisotopic (exact) mass is 432 g/mol. The van der Waals surface area contributed by atoms with Crippen LogP contribution in [-0.2, 0) is 23.8 Å². The van der Waals surface area contributed by atoms with Crippen molar-refractivity contribution in [3.05, 3.63) is 0 Å². The maximum Gasteiger partial charge on any atom is 0.149 e. The number of carbonyl (C=O) groups excluding carboxylic acids is 2. The van der Waals surface area contributed by atoms with Crippen LogP contribution in [0.15, 0.2) is 0 Å². The van der Waals surface area contributed by atoms with Crippen LogP contribution in [0, 0.1) is 0 Å². The second kappa shape index (κ2) is 15.0. The SMILES string of the molecule is COC1CCN([C@@H](CO)C(C)=O)C1.COCCOCC1CCCN1[C@H](CO)C(C)=O. The minimum absolute atomic E-state index is 0.0243. The van der Waals surface area contributed by atoms with Crippen LogP contribution < -0.4 is 0 Å². The number of nitrogens with zero attached hydrogens (tertiary/aromatic N) is 2. The fourth-order valence-electron chi connectivity index (χ4n) is 4.01. The van der Waals surface area contributed by atoms with Crippen LogP contribution in [0.1, 0.15) is 33.1 Å². The first-order chi connectivity index (χ1) is 14.4. The number of hydrogen-bond donors (Lipinski definition) is 2. The van der Waals surface area contributed by atoms with Crippen molar-refractivity contribution in [1.29, 1.82) is 0 Å². The molecule has 0 radical (unpaired) electrons. The molecule has 2 heterocycles. The lowest BCUT2D eigenvalue weighted by Gasteiger charge is -2.30. The van der Waals surface area contributed by atoms with E-state index in [2.05, 4.69) is 4.90 Å². The van der Waals surface area contributed by atoms with E-state index in [0.717, 1.165) is 38.9 Å². The van der Waals surface area contributed by atoms with Gasteiger partial charge in [0.25, 0.3) is 0 Å². The molecule has 2 N–H and O–H groups in total. The van der Waals surface area contributed by atoms with Crippen molar-refractivity contribution in [1.82, 2.24) is 9.80 Å². The predicted octanol–water partition coefficient (Wildman–Crippen LogP) is -0.279. The Labute approximate surface area is 180 Å². The Balaban J connectivity index is 0.000000311. The number of methoxy groups -OCH3 is 2. The number of likely N-dealkylation sites (tertiary alicyclic amines) is 2. The number of hydrogen-bond acceptors (Lipinski definition) is 9. The first-order valence-electron chi connectivity index (χ1n) is 10.7. The summed E-state index contributed by atoms with van der Waals surface area (Å²) in [5.74, 6) is 0.0514. The average molecular weight is 433 g/mol. The molecule has 0 aliphatic carbocycles. The summed E-state index contributed by atoms with van der Waals surface area (Å²) in [4.78, 5) is 26.6. The summed E-state index contributed by atoms with van der Waals surface area (Å²) in [6, 6.07) is -0.457. The number of aliphatic hydroxyl groups is 2. The van der Waals surface area contributed by atoms with Gasteiger partial charge in [-0.2, -0.15) is 0 Å². The highest BCUT2D eigenvalue weighted by molar-refractivity contribution is 5.82. The fourth-order valence-corrected chi connectivity index (χ4v) is 4.01. The second-order valence-electron chi connectivity index (χ2n) is 7.86. The van der Waals surface area contributed by atoms with Gasteiger partial charge >= 0.3 is 0 Å². The molecule has 9 nitrogen and oxygen atoms in total. The quantitative estimate of drug-likeness (QED) is 0.403. The number of Topliss-reactive ketones (excluding diaryl/α,β-unsaturated/α-hetero) is 2. The van der Waals surface area contributed by atoms with Gasteiger partial charge in [-0.25, -0.2) is 0 Å². The molecule has 2 aliphatic rings. The van der Waals surface area contributed by atoms with Crippen molar-refractivity contribution in [2.45, 2.75) is 57.3 Å². The third-order valence-electron chi connectivity index (χ3n) is 5.80. The van der Waals surface area contributed by atoms with E-state index in [1.54, 1.807) is 14.2 Å². The van der Waals surface area contributed by atoms with Crippen molar-refractivity contribution in [2.24, 2.45) is 0 Å². The molecule has 2 fully saturated rings. The Morgan fingerprint density at radius 1 is 1.00 bits per heavy atom. The normalized spacial score (nSPS) is 24.3. The highest BCUT2D eigenvalue weighted by Crippen LogP contribution is 2.21. The molecule has 176 valence electrons. The Morgan fingerprint density at radius 3 is 2.17 bits per heavy atom. The van der Waals surface area contributed by atoms with Crippen molar-refractivity contribution >= 4 is 11.6 Å². The van der Waals surface area contributed by atoms with Crippen LogP contribution in [-0.4, -0.2) is 123 Å². The minimum Gasteiger partial charge on any atom is -0.394 e. The van der Waals surface area contributed by atoms with Gasteiger partial charge in [-0.15, -0.1) is 0 Å². The Bertz CT molecular complexity index is 506. The molecule has 0 aromatic carbocycles. The van der Waals surface area contributed by atoms with Crippen LogP contribution in [0.5, 0.6) is 0 Å². The molecule has 0 saturated carbocycles. The van der Waals surface area contributed by atoms with E-state index < -0.39 is 0 Å². The van der Waals surface area contributed by atoms with Gasteiger partial charge in [0.2, 0.25) is 0 Å². The summed E-state index contributed by atoms with van der Waals surface area (Å²) >= 11 is 0. The molecule has 0 aromatic rings. The zero-order valence-corrected chi connectivity index (χ0v) is 18.9. The molecular weight excluding hydrogens is 392 g/mol.